The van der Waals surface area contributed by atoms with Crippen LogP contribution in [0.25, 0.3) is 0 Å². The number of anilines is 1. The smallest absolute Gasteiger partial charge is 0.250 e. The summed E-state index contributed by atoms with van der Waals surface area (Å²) in [5, 5.41) is 2.80. The quantitative estimate of drug-likeness (QED) is 0.922. The molecule has 0 saturated carbocycles. The Balaban J connectivity index is 2.44. The Hall–Kier alpha value is -2.04. The van der Waals surface area contributed by atoms with Crippen molar-refractivity contribution in [2.75, 3.05) is 11.5 Å². The Labute approximate surface area is 125 Å². The lowest BCUT2D eigenvalue weighted by molar-refractivity contribution is -0.134. The first-order valence-corrected chi connectivity index (χ1v) is 7.32. The van der Waals surface area contributed by atoms with Crippen LogP contribution in [0.2, 0.25) is 0 Å². The largest absolute Gasteiger partial charge is 0.492 e. The summed E-state index contributed by atoms with van der Waals surface area (Å²) in [4.78, 5) is 26.4. The molecule has 1 N–H and O–H groups in total. The summed E-state index contributed by atoms with van der Waals surface area (Å²) in [6, 6.07) is 6.28. The van der Waals surface area contributed by atoms with Gasteiger partial charge in [0.15, 0.2) is 0 Å². The van der Waals surface area contributed by atoms with Crippen molar-refractivity contribution in [3.05, 3.63) is 24.3 Å². The van der Waals surface area contributed by atoms with Crippen molar-refractivity contribution in [1.29, 1.82) is 0 Å². The van der Waals surface area contributed by atoms with Gasteiger partial charge in [0.05, 0.1) is 12.3 Å². The normalized spacial score (nSPS) is 22.4. The molecule has 5 nitrogen and oxygen atoms in total. The SMILES string of the molecule is CCOc1ccccc1N1C(=O)C(C(C)C)NC(=O)C1C. The lowest BCUT2D eigenvalue weighted by atomic mass is 9.97. The summed E-state index contributed by atoms with van der Waals surface area (Å²) in [7, 11) is 0. The van der Waals surface area contributed by atoms with E-state index in [-0.39, 0.29) is 17.7 Å². The standard InChI is InChI=1S/C16H22N2O3/c1-5-21-13-9-7-6-8-12(13)18-11(4)15(19)17-14(10(2)3)16(18)20/h6-11,14H,5H2,1-4H3,(H,17,19). The van der Waals surface area contributed by atoms with Crippen LogP contribution in [0.15, 0.2) is 24.3 Å². The van der Waals surface area contributed by atoms with Crippen LogP contribution >= 0.6 is 0 Å². The molecule has 0 bridgehead atoms. The third-order valence-corrected chi connectivity index (χ3v) is 3.66. The zero-order valence-electron chi connectivity index (χ0n) is 12.9. The van der Waals surface area contributed by atoms with Gasteiger partial charge in [-0.25, -0.2) is 0 Å². The monoisotopic (exact) mass is 290 g/mol. The van der Waals surface area contributed by atoms with E-state index in [0.29, 0.717) is 18.0 Å². The van der Waals surface area contributed by atoms with Gasteiger partial charge in [0.2, 0.25) is 5.91 Å². The summed E-state index contributed by atoms with van der Waals surface area (Å²) in [5.74, 6) is 0.428. The van der Waals surface area contributed by atoms with Crippen molar-refractivity contribution in [3.8, 4) is 5.75 Å². The first-order chi connectivity index (χ1) is 9.97. The molecule has 0 radical (unpaired) electrons. The highest BCUT2D eigenvalue weighted by Crippen LogP contribution is 2.32. The van der Waals surface area contributed by atoms with E-state index < -0.39 is 12.1 Å². The predicted octanol–water partition coefficient (Wildman–Crippen LogP) is 1.96. The van der Waals surface area contributed by atoms with Gasteiger partial charge in [0.1, 0.15) is 17.8 Å². The van der Waals surface area contributed by atoms with Crippen molar-refractivity contribution in [1.82, 2.24) is 5.32 Å². The van der Waals surface area contributed by atoms with Crippen LogP contribution in [0.5, 0.6) is 5.75 Å². The third kappa shape index (κ3) is 2.86. The number of para-hydroxylation sites is 2. The summed E-state index contributed by atoms with van der Waals surface area (Å²) < 4.78 is 5.59. The second-order valence-electron chi connectivity index (χ2n) is 5.52. The summed E-state index contributed by atoms with van der Waals surface area (Å²) in [6.07, 6.45) is 0. The van der Waals surface area contributed by atoms with E-state index in [0.717, 1.165) is 0 Å². The predicted molar refractivity (Wildman–Crippen MR) is 81.3 cm³/mol. The van der Waals surface area contributed by atoms with E-state index >= 15 is 0 Å². The number of nitrogens with one attached hydrogen (secondary N) is 1. The van der Waals surface area contributed by atoms with E-state index in [4.69, 9.17) is 4.74 Å². The molecule has 1 saturated heterocycles. The van der Waals surface area contributed by atoms with Crippen molar-refractivity contribution in [2.24, 2.45) is 5.92 Å². The van der Waals surface area contributed by atoms with E-state index in [1.807, 2.05) is 45.0 Å². The molecule has 0 aliphatic carbocycles. The number of nitrogens with zero attached hydrogens (tertiary/aromatic N) is 1. The fourth-order valence-electron chi connectivity index (χ4n) is 2.51. The van der Waals surface area contributed by atoms with Gasteiger partial charge >= 0.3 is 0 Å². The molecule has 114 valence electrons. The number of hydrogen-bond acceptors (Lipinski definition) is 3. The highest BCUT2D eigenvalue weighted by Gasteiger charge is 2.41. The van der Waals surface area contributed by atoms with Crippen molar-refractivity contribution in [2.45, 2.75) is 39.8 Å². The van der Waals surface area contributed by atoms with Crippen LogP contribution in [-0.4, -0.2) is 30.5 Å². The van der Waals surface area contributed by atoms with Gasteiger partial charge in [-0.15, -0.1) is 0 Å². The van der Waals surface area contributed by atoms with Gasteiger partial charge in [0, 0.05) is 0 Å². The second kappa shape index (κ2) is 6.16. The first-order valence-electron chi connectivity index (χ1n) is 7.32. The molecule has 21 heavy (non-hydrogen) atoms. The number of hydrogen-bond donors (Lipinski definition) is 1. The molecule has 2 unspecified atom stereocenters. The molecule has 1 fully saturated rings. The van der Waals surface area contributed by atoms with Crippen molar-refractivity contribution >= 4 is 17.5 Å². The molecule has 5 heteroatoms. The van der Waals surface area contributed by atoms with Gasteiger partial charge < -0.3 is 10.1 Å². The molecular weight excluding hydrogens is 268 g/mol. The molecule has 0 spiro atoms. The zero-order chi connectivity index (χ0) is 15.6. The molecule has 1 aromatic carbocycles. The maximum atomic E-state index is 12.7. The summed E-state index contributed by atoms with van der Waals surface area (Å²) >= 11 is 0. The van der Waals surface area contributed by atoms with Crippen molar-refractivity contribution < 1.29 is 14.3 Å². The second-order valence-corrected chi connectivity index (χ2v) is 5.52. The van der Waals surface area contributed by atoms with Crippen LogP contribution in [0.3, 0.4) is 0 Å². The minimum absolute atomic E-state index is 0.0377. The van der Waals surface area contributed by atoms with E-state index in [1.54, 1.807) is 11.8 Å². The first kappa shape index (κ1) is 15.4. The topological polar surface area (TPSA) is 58.6 Å². The fourth-order valence-corrected chi connectivity index (χ4v) is 2.51. The molecular formula is C16H22N2O3. The van der Waals surface area contributed by atoms with Gasteiger partial charge in [-0.05, 0) is 31.9 Å². The molecule has 1 aliphatic rings. The zero-order valence-corrected chi connectivity index (χ0v) is 12.9. The summed E-state index contributed by atoms with van der Waals surface area (Å²) in [6.45, 7) is 7.97. The number of rotatable bonds is 4. The highest BCUT2D eigenvalue weighted by molar-refractivity contribution is 6.09. The van der Waals surface area contributed by atoms with Crippen LogP contribution < -0.4 is 15.0 Å². The minimum Gasteiger partial charge on any atom is -0.492 e. The van der Waals surface area contributed by atoms with Crippen LogP contribution in [-0.2, 0) is 9.59 Å². The molecule has 1 aromatic rings. The molecule has 2 rings (SSSR count). The van der Waals surface area contributed by atoms with Gasteiger partial charge in [-0.2, -0.15) is 0 Å². The number of piperazine rings is 1. The van der Waals surface area contributed by atoms with Gasteiger partial charge in [0.25, 0.3) is 5.91 Å². The lowest BCUT2D eigenvalue weighted by Gasteiger charge is -2.39. The van der Waals surface area contributed by atoms with Crippen LogP contribution in [0, 0.1) is 5.92 Å². The Bertz CT molecular complexity index is 542. The Kier molecular flexibility index (Phi) is 4.50. The van der Waals surface area contributed by atoms with Crippen LogP contribution in [0.4, 0.5) is 5.69 Å². The number of benzene rings is 1. The van der Waals surface area contributed by atoms with Gasteiger partial charge in [-0.3, -0.25) is 14.5 Å². The number of carbonyl (C=O) groups excluding carboxylic acids is 2. The number of ether oxygens (including phenoxy) is 1. The molecule has 1 heterocycles. The highest BCUT2D eigenvalue weighted by atomic mass is 16.5. The number of carbonyl (C=O) groups is 2. The maximum Gasteiger partial charge on any atom is 0.250 e. The average Bonchev–Trinajstić information content (AvgIpc) is 2.45. The fraction of sp³-hybridized carbons (Fsp3) is 0.500. The molecule has 0 aromatic heterocycles. The van der Waals surface area contributed by atoms with E-state index in [9.17, 15) is 9.59 Å². The Morgan fingerprint density at radius 2 is 1.95 bits per heavy atom. The lowest BCUT2D eigenvalue weighted by Crippen LogP contribution is -2.64. The summed E-state index contributed by atoms with van der Waals surface area (Å²) in [5.41, 5.74) is 0.650. The van der Waals surface area contributed by atoms with E-state index in [1.165, 1.54) is 0 Å². The maximum absolute atomic E-state index is 12.7. The van der Waals surface area contributed by atoms with Gasteiger partial charge in [-0.1, -0.05) is 26.0 Å². The Morgan fingerprint density at radius 1 is 1.29 bits per heavy atom. The third-order valence-electron chi connectivity index (χ3n) is 3.66. The molecule has 2 atom stereocenters. The number of amides is 2. The van der Waals surface area contributed by atoms with E-state index in [2.05, 4.69) is 5.32 Å². The Morgan fingerprint density at radius 3 is 2.57 bits per heavy atom. The molecule has 2 amide bonds. The molecule has 1 aliphatic heterocycles. The minimum atomic E-state index is -0.547. The van der Waals surface area contributed by atoms with Crippen LogP contribution in [0.1, 0.15) is 27.7 Å². The van der Waals surface area contributed by atoms with Crippen molar-refractivity contribution in [3.63, 3.8) is 0 Å². The average molecular weight is 290 g/mol.